The SMILES string of the molecule is COc1ccccc1CNc1ccc(C2(C(=O)O)CCC2)cc1. The third kappa shape index (κ3) is 2.89. The molecule has 3 rings (SSSR count). The number of aliphatic carboxylic acids is 1. The van der Waals surface area contributed by atoms with Crippen LogP contribution in [0.2, 0.25) is 0 Å². The van der Waals surface area contributed by atoms with E-state index in [4.69, 9.17) is 4.74 Å². The summed E-state index contributed by atoms with van der Waals surface area (Å²) >= 11 is 0. The summed E-state index contributed by atoms with van der Waals surface area (Å²) < 4.78 is 5.34. The van der Waals surface area contributed by atoms with Crippen LogP contribution in [-0.4, -0.2) is 18.2 Å². The second-order valence-corrected chi connectivity index (χ2v) is 5.98. The maximum Gasteiger partial charge on any atom is 0.314 e. The number of nitrogens with one attached hydrogen (secondary N) is 1. The molecule has 23 heavy (non-hydrogen) atoms. The Labute approximate surface area is 136 Å². The quantitative estimate of drug-likeness (QED) is 0.851. The minimum absolute atomic E-state index is 0.660. The van der Waals surface area contributed by atoms with Crippen molar-refractivity contribution in [1.29, 1.82) is 0 Å². The number of para-hydroxylation sites is 1. The first-order valence-electron chi connectivity index (χ1n) is 7.85. The van der Waals surface area contributed by atoms with Crippen molar-refractivity contribution in [3.05, 3.63) is 59.7 Å². The van der Waals surface area contributed by atoms with Crippen LogP contribution in [0.4, 0.5) is 5.69 Å². The number of carboxylic acid groups (broad SMARTS) is 1. The number of hydrogen-bond acceptors (Lipinski definition) is 3. The van der Waals surface area contributed by atoms with Gasteiger partial charge in [0.05, 0.1) is 12.5 Å². The van der Waals surface area contributed by atoms with E-state index in [0.29, 0.717) is 6.54 Å². The lowest BCUT2D eigenvalue weighted by molar-refractivity contribution is -0.147. The Hall–Kier alpha value is -2.49. The highest BCUT2D eigenvalue weighted by Gasteiger charge is 2.45. The molecule has 0 saturated heterocycles. The second-order valence-electron chi connectivity index (χ2n) is 5.98. The summed E-state index contributed by atoms with van der Waals surface area (Å²) in [6.07, 6.45) is 2.45. The average Bonchev–Trinajstić information content (AvgIpc) is 2.53. The molecule has 0 atom stereocenters. The number of hydrogen-bond donors (Lipinski definition) is 2. The summed E-state index contributed by atoms with van der Waals surface area (Å²) in [4.78, 5) is 11.5. The van der Waals surface area contributed by atoms with E-state index in [1.165, 1.54) is 0 Å². The van der Waals surface area contributed by atoms with Gasteiger partial charge in [-0.1, -0.05) is 36.8 Å². The van der Waals surface area contributed by atoms with Gasteiger partial charge < -0.3 is 15.2 Å². The van der Waals surface area contributed by atoms with Crippen LogP contribution in [-0.2, 0) is 16.8 Å². The zero-order valence-corrected chi connectivity index (χ0v) is 13.2. The van der Waals surface area contributed by atoms with Gasteiger partial charge in [0, 0.05) is 17.8 Å². The topological polar surface area (TPSA) is 58.6 Å². The van der Waals surface area contributed by atoms with Gasteiger partial charge in [-0.05, 0) is 36.6 Å². The van der Waals surface area contributed by atoms with Crippen LogP contribution in [0.5, 0.6) is 5.75 Å². The standard InChI is InChI=1S/C19H21NO3/c1-23-17-6-3-2-5-14(17)13-20-16-9-7-15(8-10-16)19(18(21)22)11-4-12-19/h2-3,5-10,20H,4,11-13H2,1H3,(H,21,22). The monoisotopic (exact) mass is 311 g/mol. The van der Waals surface area contributed by atoms with Gasteiger partial charge in [-0.15, -0.1) is 0 Å². The predicted octanol–water partition coefficient (Wildman–Crippen LogP) is 3.81. The number of ether oxygens (including phenoxy) is 1. The van der Waals surface area contributed by atoms with Gasteiger partial charge in [-0.3, -0.25) is 4.79 Å². The highest BCUT2D eigenvalue weighted by molar-refractivity contribution is 5.82. The van der Waals surface area contributed by atoms with Crippen molar-refractivity contribution < 1.29 is 14.6 Å². The molecule has 4 nitrogen and oxygen atoms in total. The van der Waals surface area contributed by atoms with Crippen LogP contribution in [0.3, 0.4) is 0 Å². The molecular formula is C19H21NO3. The third-order valence-electron chi connectivity index (χ3n) is 4.73. The Morgan fingerprint density at radius 3 is 2.43 bits per heavy atom. The molecule has 0 bridgehead atoms. The van der Waals surface area contributed by atoms with Gasteiger partial charge in [-0.2, -0.15) is 0 Å². The van der Waals surface area contributed by atoms with E-state index in [0.717, 1.165) is 41.8 Å². The van der Waals surface area contributed by atoms with Crippen molar-refractivity contribution in [2.24, 2.45) is 0 Å². The number of benzene rings is 2. The molecule has 2 aromatic carbocycles. The van der Waals surface area contributed by atoms with E-state index >= 15 is 0 Å². The van der Waals surface area contributed by atoms with Gasteiger partial charge in [-0.25, -0.2) is 0 Å². The zero-order valence-electron chi connectivity index (χ0n) is 13.2. The normalized spacial score (nSPS) is 15.5. The molecular weight excluding hydrogens is 290 g/mol. The fraction of sp³-hybridized carbons (Fsp3) is 0.316. The van der Waals surface area contributed by atoms with E-state index in [-0.39, 0.29) is 0 Å². The van der Waals surface area contributed by atoms with Crippen molar-refractivity contribution in [3.63, 3.8) is 0 Å². The molecule has 0 aromatic heterocycles. The van der Waals surface area contributed by atoms with E-state index in [9.17, 15) is 9.90 Å². The van der Waals surface area contributed by atoms with E-state index in [2.05, 4.69) is 5.32 Å². The molecule has 0 unspecified atom stereocenters. The fourth-order valence-corrected chi connectivity index (χ4v) is 3.11. The van der Waals surface area contributed by atoms with Gasteiger partial charge in [0.1, 0.15) is 5.75 Å². The highest BCUT2D eigenvalue weighted by atomic mass is 16.5. The lowest BCUT2D eigenvalue weighted by Crippen LogP contribution is -2.42. The molecule has 2 N–H and O–H groups in total. The first-order chi connectivity index (χ1) is 11.2. The summed E-state index contributed by atoms with van der Waals surface area (Å²) in [5, 5.41) is 12.8. The molecule has 2 aromatic rings. The lowest BCUT2D eigenvalue weighted by atomic mass is 9.64. The summed E-state index contributed by atoms with van der Waals surface area (Å²) in [6.45, 7) is 0.660. The number of rotatable bonds is 6. The number of methoxy groups -OCH3 is 1. The minimum Gasteiger partial charge on any atom is -0.496 e. The van der Waals surface area contributed by atoms with Crippen LogP contribution < -0.4 is 10.1 Å². The predicted molar refractivity (Wildman–Crippen MR) is 89.9 cm³/mol. The van der Waals surface area contributed by atoms with Gasteiger partial charge in [0.15, 0.2) is 0 Å². The Balaban J connectivity index is 1.70. The molecule has 1 saturated carbocycles. The van der Waals surface area contributed by atoms with Crippen LogP contribution in [0, 0.1) is 0 Å². The van der Waals surface area contributed by atoms with Gasteiger partial charge >= 0.3 is 5.97 Å². The molecule has 0 radical (unpaired) electrons. The van der Waals surface area contributed by atoms with E-state index in [1.54, 1.807) is 7.11 Å². The minimum atomic E-state index is -0.710. The first-order valence-corrected chi connectivity index (χ1v) is 7.85. The van der Waals surface area contributed by atoms with E-state index < -0.39 is 11.4 Å². The highest BCUT2D eigenvalue weighted by Crippen LogP contribution is 2.44. The van der Waals surface area contributed by atoms with E-state index in [1.807, 2.05) is 48.5 Å². The van der Waals surface area contributed by atoms with Crippen molar-refractivity contribution in [2.45, 2.75) is 31.2 Å². The van der Waals surface area contributed by atoms with Crippen molar-refractivity contribution in [3.8, 4) is 5.75 Å². The molecule has 0 amide bonds. The second kappa shape index (κ2) is 6.32. The molecule has 0 spiro atoms. The average molecular weight is 311 g/mol. The maximum atomic E-state index is 11.5. The Kier molecular flexibility index (Phi) is 4.24. The summed E-state index contributed by atoms with van der Waals surface area (Å²) in [7, 11) is 1.66. The number of carboxylic acids is 1. The molecule has 1 aliphatic carbocycles. The van der Waals surface area contributed by atoms with Crippen LogP contribution in [0.25, 0.3) is 0 Å². The van der Waals surface area contributed by atoms with Gasteiger partial charge in [0.25, 0.3) is 0 Å². The molecule has 0 heterocycles. The maximum absolute atomic E-state index is 11.5. The molecule has 1 fully saturated rings. The zero-order chi connectivity index (χ0) is 16.3. The summed E-state index contributed by atoms with van der Waals surface area (Å²) in [5.74, 6) is 0.148. The Morgan fingerprint density at radius 2 is 1.87 bits per heavy atom. The molecule has 120 valence electrons. The first kappa shape index (κ1) is 15.4. The van der Waals surface area contributed by atoms with Crippen LogP contribution >= 0.6 is 0 Å². The summed E-state index contributed by atoms with van der Waals surface area (Å²) in [6, 6.07) is 15.6. The smallest absolute Gasteiger partial charge is 0.314 e. The Morgan fingerprint density at radius 1 is 1.17 bits per heavy atom. The number of carbonyl (C=O) groups is 1. The van der Waals surface area contributed by atoms with Crippen molar-refractivity contribution in [1.82, 2.24) is 0 Å². The van der Waals surface area contributed by atoms with Crippen molar-refractivity contribution >= 4 is 11.7 Å². The van der Waals surface area contributed by atoms with Gasteiger partial charge in [0.2, 0.25) is 0 Å². The Bertz CT molecular complexity index is 690. The largest absolute Gasteiger partial charge is 0.496 e. The van der Waals surface area contributed by atoms with Crippen molar-refractivity contribution in [2.75, 3.05) is 12.4 Å². The number of anilines is 1. The van der Waals surface area contributed by atoms with Crippen LogP contribution in [0.1, 0.15) is 30.4 Å². The molecule has 4 heteroatoms. The third-order valence-corrected chi connectivity index (χ3v) is 4.73. The van der Waals surface area contributed by atoms with Crippen LogP contribution in [0.15, 0.2) is 48.5 Å². The molecule has 0 aliphatic heterocycles. The lowest BCUT2D eigenvalue weighted by Gasteiger charge is -2.38. The molecule has 1 aliphatic rings. The fourth-order valence-electron chi connectivity index (χ4n) is 3.11. The summed E-state index contributed by atoms with van der Waals surface area (Å²) in [5.41, 5.74) is 2.29.